The maximum atomic E-state index is 12.6. The number of carbonyl (C=O) groups is 2. The number of anilines is 1. The maximum Gasteiger partial charge on any atom is 0.341 e. The second kappa shape index (κ2) is 9.65. The first-order chi connectivity index (χ1) is 15.2. The van der Waals surface area contributed by atoms with Crippen LogP contribution in [0.4, 0.5) is 10.7 Å². The number of ether oxygens (including phenoxy) is 1. The van der Waals surface area contributed by atoms with Gasteiger partial charge in [-0.05, 0) is 47.8 Å². The zero-order valence-corrected chi connectivity index (χ0v) is 19.6. The molecule has 32 heavy (non-hydrogen) atoms. The molecule has 170 valence electrons. The number of hydrogen-bond donors (Lipinski definition) is 1. The van der Waals surface area contributed by atoms with Gasteiger partial charge in [-0.1, -0.05) is 39.3 Å². The normalized spacial score (nSPS) is 15.9. The monoisotopic (exact) mass is 456 g/mol. The predicted octanol–water partition coefficient (Wildman–Crippen LogP) is 5.64. The van der Waals surface area contributed by atoms with Gasteiger partial charge in [-0.2, -0.15) is 0 Å². The first-order valence-corrected chi connectivity index (χ1v) is 11.4. The van der Waals surface area contributed by atoms with Crippen molar-refractivity contribution in [1.29, 1.82) is 0 Å². The van der Waals surface area contributed by atoms with Gasteiger partial charge in [0.15, 0.2) is 0 Å². The van der Waals surface area contributed by atoms with Crippen molar-refractivity contribution < 1.29 is 19.2 Å². The second-order valence-corrected chi connectivity index (χ2v) is 9.76. The van der Waals surface area contributed by atoms with Gasteiger partial charge in [0.2, 0.25) is 5.91 Å². The first-order valence-electron chi connectivity index (χ1n) is 10.6. The summed E-state index contributed by atoms with van der Waals surface area (Å²) in [5.74, 6) is -0.346. The van der Waals surface area contributed by atoms with Crippen LogP contribution >= 0.6 is 11.3 Å². The molecule has 0 unspecified atom stereocenters. The van der Waals surface area contributed by atoms with E-state index < -0.39 is 16.8 Å². The fraction of sp³-hybridized carbons (Fsp3) is 0.417. The maximum absolute atomic E-state index is 12.6. The van der Waals surface area contributed by atoms with E-state index in [9.17, 15) is 19.7 Å². The standard InChI is InChI=1S/C24H28N2O5S/c1-5-24(2,3)16-10-11-18-19(14-16)32-22(21(18)23(28)31-4)25-20(27)12-9-15-7-6-8-17(13-15)26(29)30/h6-9,12-13,16H,5,10-11,14H2,1-4H3,(H,25,27)/b12-9-/t16-/m1/s1. The van der Waals surface area contributed by atoms with Gasteiger partial charge in [0, 0.05) is 23.1 Å². The smallest absolute Gasteiger partial charge is 0.341 e. The first kappa shape index (κ1) is 23.7. The fourth-order valence-electron chi connectivity index (χ4n) is 4.02. The molecule has 1 amide bonds. The van der Waals surface area contributed by atoms with Crippen molar-refractivity contribution in [3.8, 4) is 0 Å². The third-order valence-corrected chi connectivity index (χ3v) is 7.59. The van der Waals surface area contributed by atoms with E-state index >= 15 is 0 Å². The second-order valence-electron chi connectivity index (χ2n) is 8.66. The van der Waals surface area contributed by atoms with Crippen LogP contribution in [0, 0.1) is 21.4 Å². The molecule has 8 heteroatoms. The van der Waals surface area contributed by atoms with E-state index in [-0.39, 0.29) is 11.1 Å². The summed E-state index contributed by atoms with van der Waals surface area (Å²) < 4.78 is 5.00. The minimum absolute atomic E-state index is 0.0453. The van der Waals surface area contributed by atoms with Crippen LogP contribution in [0.3, 0.4) is 0 Å². The Kier molecular flexibility index (Phi) is 7.13. The molecule has 1 aliphatic rings. The summed E-state index contributed by atoms with van der Waals surface area (Å²) in [5, 5.41) is 14.2. The van der Waals surface area contributed by atoms with E-state index in [1.165, 1.54) is 42.7 Å². The lowest BCUT2D eigenvalue weighted by Crippen LogP contribution is -2.28. The summed E-state index contributed by atoms with van der Waals surface area (Å²) in [7, 11) is 1.34. The molecule has 0 aliphatic heterocycles. The molecule has 3 rings (SSSR count). The zero-order chi connectivity index (χ0) is 23.5. The molecular formula is C24H28N2O5S. The lowest BCUT2D eigenvalue weighted by molar-refractivity contribution is -0.384. The number of hydrogen-bond acceptors (Lipinski definition) is 6. The van der Waals surface area contributed by atoms with Gasteiger partial charge < -0.3 is 10.1 Å². The molecule has 2 aromatic rings. The molecule has 0 bridgehead atoms. The number of esters is 1. The zero-order valence-electron chi connectivity index (χ0n) is 18.8. The minimum Gasteiger partial charge on any atom is -0.465 e. The molecule has 1 aromatic carbocycles. The molecule has 1 aliphatic carbocycles. The van der Waals surface area contributed by atoms with Crippen molar-refractivity contribution in [1.82, 2.24) is 0 Å². The third kappa shape index (κ3) is 5.07. The molecule has 0 spiro atoms. The number of amides is 1. The summed E-state index contributed by atoms with van der Waals surface area (Å²) in [6.45, 7) is 6.75. The quantitative estimate of drug-likeness (QED) is 0.252. The van der Waals surface area contributed by atoms with Crippen molar-refractivity contribution in [3.05, 3.63) is 62.0 Å². The van der Waals surface area contributed by atoms with E-state index in [0.29, 0.717) is 22.0 Å². The highest BCUT2D eigenvalue weighted by molar-refractivity contribution is 7.17. The van der Waals surface area contributed by atoms with Crippen LogP contribution in [-0.4, -0.2) is 23.9 Å². The number of thiophene rings is 1. The summed E-state index contributed by atoms with van der Waals surface area (Å²) >= 11 is 1.44. The van der Waals surface area contributed by atoms with Crippen molar-refractivity contribution >= 4 is 40.0 Å². The van der Waals surface area contributed by atoms with Crippen LogP contribution in [0.15, 0.2) is 30.3 Å². The highest BCUT2D eigenvalue weighted by Gasteiger charge is 2.35. The number of methoxy groups -OCH3 is 1. The van der Waals surface area contributed by atoms with Gasteiger partial charge in [0.1, 0.15) is 5.00 Å². The lowest BCUT2D eigenvalue weighted by Gasteiger charge is -2.36. The van der Waals surface area contributed by atoms with Gasteiger partial charge in [-0.3, -0.25) is 14.9 Å². The van der Waals surface area contributed by atoms with Crippen molar-refractivity contribution in [3.63, 3.8) is 0 Å². The van der Waals surface area contributed by atoms with E-state index in [1.54, 1.807) is 12.1 Å². The Labute approximate surface area is 191 Å². The molecular weight excluding hydrogens is 428 g/mol. The van der Waals surface area contributed by atoms with Crippen molar-refractivity contribution in [2.75, 3.05) is 12.4 Å². The van der Waals surface area contributed by atoms with Crippen molar-refractivity contribution in [2.24, 2.45) is 11.3 Å². The van der Waals surface area contributed by atoms with E-state index in [1.807, 2.05) is 0 Å². The number of non-ortho nitro benzene ring substituents is 1. The predicted molar refractivity (Wildman–Crippen MR) is 126 cm³/mol. The highest BCUT2D eigenvalue weighted by Crippen LogP contribution is 2.45. The molecule has 0 fully saturated rings. The molecule has 1 heterocycles. The fourth-order valence-corrected chi connectivity index (χ4v) is 5.33. The number of nitro benzene ring substituents is 1. The molecule has 7 nitrogen and oxygen atoms in total. The summed E-state index contributed by atoms with van der Waals surface area (Å²) in [5.41, 5.74) is 2.12. The van der Waals surface area contributed by atoms with Gasteiger partial charge >= 0.3 is 5.97 Å². The molecule has 1 aromatic heterocycles. The Hall–Kier alpha value is -3.00. The summed E-state index contributed by atoms with van der Waals surface area (Å²) in [6.07, 6.45) is 6.55. The Morgan fingerprint density at radius 2 is 2.12 bits per heavy atom. The average molecular weight is 457 g/mol. The molecule has 0 saturated heterocycles. The number of rotatable bonds is 7. The molecule has 1 atom stereocenters. The number of carbonyl (C=O) groups excluding carboxylic acids is 2. The third-order valence-electron chi connectivity index (χ3n) is 6.42. The van der Waals surface area contributed by atoms with Gasteiger partial charge in [0.05, 0.1) is 17.6 Å². The van der Waals surface area contributed by atoms with Crippen LogP contribution in [-0.2, 0) is 22.4 Å². The summed E-state index contributed by atoms with van der Waals surface area (Å²) in [4.78, 5) is 36.7. The molecule has 0 saturated carbocycles. The van der Waals surface area contributed by atoms with Crippen LogP contribution < -0.4 is 5.32 Å². The van der Waals surface area contributed by atoms with Crippen LogP contribution in [0.2, 0.25) is 0 Å². The number of nitrogens with one attached hydrogen (secondary N) is 1. The number of benzene rings is 1. The van der Waals surface area contributed by atoms with Crippen LogP contribution in [0.25, 0.3) is 6.08 Å². The Balaban J connectivity index is 1.83. The summed E-state index contributed by atoms with van der Waals surface area (Å²) in [6, 6.07) is 6.02. The molecule has 1 N–H and O–H groups in total. The number of nitrogens with zero attached hydrogens (tertiary/aromatic N) is 1. The van der Waals surface area contributed by atoms with E-state index in [2.05, 4.69) is 26.1 Å². The van der Waals surface area contributed by atoms with E-state index in [4.69, 9.17) is 4.74 Å². The Morgan fingerprint density at radius 1 is 1.38 bits per heavy atom. The number of fused-ring (bicyclic) bond motifs is 1. The minimum atomic E-state index is -0.483. The van der Waals surface area contributed by atoms with Crippen LogP contribution in [0.5, 0.6) is 0 Å². The largest absolute Gasteiger partial charge is 0.465 e. The topological polar surface area (TPSA) is 98.5 Å². The van der Waals surface area contributed by atoms with Gasteiger partial charge in [-0.25, -0.2) is 4.79 Å². The lowest BCUT2D eigenvalue weighted by atomic mass is 9.69. The SMILES string of the molecule is CCC(C)(C)[C@@H]1CCc2c(sc(NC(=O)/C=C\c3cccc([N+](=O)[O-])c3)c2C(=O)OC)C1. The molecule has 0 radical (unpaired) electrons. The van der Waals surface area contributed by atoms with Gasteiger partial charge in [-0.15, -0.1) is 11.3 Å². The number of nitro groups is 1. The average Bonchev–Trinajstić information content (AvgIpc) is 3.14. The van der Waals surface area contributed by atoms with Crippen molar-refractivity contribution in [2.45, 2.75) is 46.5 Å². The van der Waals surface area contributed by atoms with E-state index in [0.717, 1.165) is 36.1 Å². The Morgan fingerprint density at radius 3 is 2.78 bits per heavy atom. The van der Waals surface area contributed by atoms with Gasteiger partial charge in [0.25, 0.3) is 5.69 Å². The van der Waals surface area contributed by atoms with Crippen LogP contribution in [0.1, 0.15) is 60.0 Å². The highest BCUT2D eigenvalue weighted by atomic mass is 32.1. The Bertz CT molecular complexity index is 1070.